The van der Waals surface area contributed by atoms with Crippen molar-refractivity contribution in [3.05, 3.63) is 33.5 Å². The molecule has 0 fully saturated rings. The molecule has 56 valence electrons. The Labute approximate surface area is 96.2 Å². The van der Waals surface area contributed by atoms with Crippen LogP contribution in [0.25, 0.3) is 0 Å². The van der Waals surface area contributed by atoms with Gasteiger partial charge in [-0.15, -0.1) is 27.9 Å². The van der Waals surface area contributed by atoms with Gasteiger partial charge in [0.15, 0.2) is 0 Å². The Balaban J connectivity index is 0.000000461. The van der Waals surface area contributed by atoms with Gasteiger partial charge in [0.1, 0.15) is 0 Å². The molecule has 0 atom stereocenters. The van der Waals surface area contributed by atoms with Gasteiger partial charge in [0.05, 0.1) is 0 Å². The van der Waals surface area contributed by atoms with Crippen LogP contribution in [0.5, 0.6) is 0 Å². The average Bonchev–Trinajstić information content (AvgIpc) is 2.41. The zero-order valence-electron chi connectivity index (χ0n) is 5.94. The molecule has 1 aromatic heterocycles. The van der Waals surface area contributed by atoms with Gasteiger partial charge in [-0.05, 0) is 6.42 Å². The van der Waals surface area contributed by atoms with E-state index in [9.17, 15) is 0 Å². The molecule has 4 heteroatoms. The van der Waals surface area contributed by atoms with E-state index >= 15 is 0 Å². The Morgan fingerprint density at radius 1 is 1.73 bits per heavy atom. The standard InChI is InChI=1S/C7H6BrS.BrH.Zn/c1-2-3-6-4-7(8)9-5-6;;/h2,4H,1,3H2;1H;/q-1;;+2/p-1. The molecule has 0 bridgehead atoms. The molecule has 11 heavy (non-hydrogen) atoms. The van der Waals surface area contributed by atoms with Gasteiger partial charge in [-0.25, -0.2) is 0 Å². The SMILES string of the molecule is C=CCc1[c-]sc(Br)c1.[Zn+][Br]. The molecular formula is C7H6Br2SZn. The monoisotopic (exact) mass is 344 g/mol. The summed E-state index contributed by atoms with van der Waals surface area (Å²) >= 11 is 9.19. The third kappa shape index (κ3) is 5.29. The van der Waals surface area contributed by atoms with Gasteiger partial charge in [-0.2, -0.15) is 11.6 Å². The van der Waals surface area contributed by atoms with Crippen LogP contribution >= 0.6 is 40.9 Å². The van der Waals surface area contributed by atoms with E-state index in [1.54, 1.807) is 11.3 Å². The molecule has 0 unspecified atom stereocenters. The van der Waals surface area contributed by atoms with E-state index < -0.39 is 0 Å². The van der Waals surface area contributed by atoms with Crippen LogP contribution in [0.1, 0.15) is 5.56 Å². The predicted octanol–water partition coefficient (Wildman–Crippen LogP) is 3.88. The van der Waals surface area contributed by atoms with Crippen molar-refractivity contribution in [1.82, 2.24) is 0 Å². The molecule has 0 aliphatic rings. The van der Waals surface area contributed by atoms with E-state index in [0.717, 1.165) is 10.2 Å². The van der Waals surface area contributed by atoms with E-state index in [4.69, 9.17) is 0 Å². The third-order valence-corrected chi connectivity index (χ3v) is 2.32. The van der Waals surface area contributed by atoms with Crippen molar-refractivity contribution >= 4 is 40.9 Å². The maximum absolute atomic E-state index is 3.63. The van der Waals surface area contributed by atoms with Gasteiger partial charge in [-0.3, -0.25) is 11.3 Å². The molecule has 0 aromatic carbocycles. The van der Waals surface area contributed by atoms with Crippen molar-refractivity contribution in [2.45, 2.75) is 6.42 Å². The van der Waals surface area contributed by atoms with Gasteiger partial charge in [0.2, 0.25) is 0 Å². The molecule has 0 aliphatic heterocycles. The molecule has 0 saturated carbocycles. The summed E-state index contributed by atoms with van der Waals surface area (Å²) in [4.78, 5) is 0. The molecule has 0 nitrogen and oxygen atoms in total. The zero-order valence-corrected chi connectivity index (χ0v) is 12.9. The van der Waals surface area contributed by atoms with Crippen molar-refractivity contribution in [1.29, 1.82) is 0 Å². The summed E-state index contributed by atoms with van der Waals surface area (Å²) in [6.45, 7) is 3.63. The first-order chi connectivity index (χ1) is 5.33. The second-order valence-electron chi connectivity index (χ2n) is 1.67. The Kier molecular flexibility index (Phi) is 8.37. The van der Waals surface area contributed by atoms with Crippen LogP contribution in [0.2, 0.25) is 0 Å². The van der Waals surface area contributed by atoms with E-state index in [-0.39, 0.29) is 0 Å². The Bertz CT molecular complexity index is 210. The molecule has 0 N–H and O–H groups in total. The first-order valence-corrected chi connectivity index (χ1v) is 11.4. The fourth-order valence-corrected chi connectivity index (χ4v) is 1.66. The van der Waals surface area contributed by atoms with Crippen LogP contribution in [0, 0.1) is 5.38 Å². The summed E-state index contributed by atoms with van der Waals surface area (Å²) in [7, 11) is 0. The first kappa shape index (κ1) is 12.0. The fraction of sp³-hybridized carbons (Fsp3) is 0.143. The summed E-state index contributed by atoms with van der Waals surface area (Å²) in [6.07, 6.45) is 2.80. The van der Waals surface area contributed by atoms with Crippen LogP contribution in [-0.2, 0) is 22.8 Å². The van der Waals surface area contributed by atoms with E-state index in [1.807, 2.05) is 6.08 Å². The summed E-state index contributed by atoms with van der Waals surface area (Å²) < 4.78 is 1.14. The quantitative estimate of drug-likeness (QED) is 0.433. The van der Waals surface area contributed by atoms with Crippen LogP contribution in [-0.4, -0.2) is 0 Å². The van der Waals surface area contributed by atoms with Crippen molar-refractivity contribution < 1.29 is 16.3 Å². The van der Waals surface area contributed by atoms with Gasteiger partial charge < -0.3 is 0 Å². The number of hydrogen-bond donors (Lipinski definition) is 0. The number of allylic oxidation sites excluding steroid dienone is 1. The topological polar surface area (TPSA) is 0 Å². The van der Waals surface area contributed by atoms with Crippen molar-refractivity contribution in [2.24, 2.45) is 0 Å². The molecule has 0 amide bonds. The minimum atomic E-state index is 0.919. The molecule has 1 aromatic rings. The summed E-state index contributed by atoms with van der Waals surface area (Å²) in [5, 5.41) is 3.13. The summed E-state index contributed by atoms with van der Waals surface area (Å²) in [6, 6.07) is 2.06. The normalized spacial score (nSPS) is 8.36. The van der Waals surface area contributed by atoms with E-state index in [0.29, 0.717) is 0 Å². The molecule has 0 saturated heterocycles. The summed E-state index contributed by atoms with van der Waals surface area (Å²) in [5.41, 5.74) is 1.21. The number of thiophene rings is 1. The van der Waals surface area contributed by atoms with Crippen LogP contribution < -0.4 is 0 Å². The van der Waals surface area contributed by atoms with Crippen LogP contribution in [0.15, 0.2) is 22.5 Å². The van der Waals surface area contributed by atoms with Gasteiger partial charge in [-0.1, -0.05) is 9.86 Å². The second-order valence-corrected chi connectivity index (χ2v) is 3.90. The van der Waals surface area contributed by atoms with Gasteiger partial charge in [0, 0.05) is 0 Å². The zero-order chi connectivity index (χ0) is 8.69. The van der Waals surface area contributed by atoms with E-state index in [2.05, 4.69) is 47.6 Å². The van der Waals surface area contributed by atoms with Crippen LogP contribution in [0.4, 0.5) is 0 Å². The number of rotatable bonds is 2. The molecule has 0 radical (unpaired) electrons. The average molecular weight is 347 g/mol. The first-order valence-electron chi connectivity index (χ1n) is 2.86. The molecule has 1 heterocycles. The van der Waals surface area contributed by atoms with Crippen molar-refractivity contribution in [3.63, 3.8) is 0 Å². The molecule has 0 aliphatic carbocycles. The Morgan fingerprint density at radius 2 is 2.36 bits per heavy atom. The van der Waals surface area contributed by atoms with E-state index in [1.165, 1.54) is 21.9 Å². The second kappa shape index (κ2) is 7.66. The summed E-state index contributed by atoms with van der Waals surface area (Å²) in [5.74, 6) is 0. The Hall–Kier alpha value is 1.02. The number of halogens is 2. The molecule has 1 rings (SSSR count). The third-order valence-electron chi connectivity index (χ3n) is 0.932. The van der Waals surface area contributed by atoms with Crippen LogP contribution in [0.3, 0.4) is 0 Å². The van der Waals surface area contributed by atoms with Crippen molar-refractivity contribution in [3.8, 4) is 0 Å². The maximum atomic E-state index is 3.63. The van der Waals surface area contributed by atoms with Gasteiger partial charge >= 0.3 is 30.0 Å². The minimum absolute atomic E-state index is 0.919. The van der Waals surface area contributed by atoms with Gasteiger partial charge in [0.25, 0.3) is 0 Å². The van der Waals surface area contributed by atoms with Crippen molar-refractivity contribution in [2.75, 3.05) is 0 Å². The fourth-order valence-electron chi connectivity index (χ4n) is 0.566. The predicted molar refractivity (Wildman–Crippen MR) is 53.7 cm³/mol. The molecule has 0 spiro atoms. The number of hydrogen-bond acceptors (Lipinski definition) is 1. The molecular weight excluding hydrogens is 341 g/mol. The Morgan fingerprint density at radius 3 is 2.73 bits per heavy atom.